The molecule has 0 bridgehead atoms. The van der Waals surface area contributed by atoms with E-state index in [2.05, 4.69) is 0 Å². The van der Waals surface area contributed by atoms with Crippen molar-refractivity contribution in [2.75, 3.05) is 38.2 Å². The van der Waals surface area contributed by atoms with Gasteiger partial charge >= 0.3 is 0 Å². The smallest absolute Gasteiger partial charge is 0.253 e. The lowest BCUT2D eigenvalue weighted by atomic mass is 10.1. The van der Waals surface area contributed by atoms with E-state index >= 15 is 0 Å². The number of hydrogen-bond donors (Lipinski definition) is 0. The Hall–Kier alpha value is -1.65. The summed E-state index contributed by atoms with van der Waals surface area (Å²) < 4.78 is 56.4. The molecule has 28 heavy (non-hydrogen) atoms. The molecular formula is C18H26N2O6S2. The highest BCUT2D eigenvalue weighted by Gasteiger charge is 2.34. The predicted octanol–water partition coefficient (Wildman–Crippen LogP) is 1.13. The third-order valence-electron chi connectivity index (χ3n) is 5.37. The minimum atomic E-state index is -3.82. The molecule has 0 aromatic heterocycles. The van der Waals surface area contributed by atoms with Crippen LogP contribution in [0.2, 0.25) is 0 Å². The predicted molar refractivity (Wildman–Crippen MR) is 105 cm³/mol. The van der Waals surface area contributed by atoms with Crippen molar-refractivity contribution in [1.82, 2.24) is 9.21 Å². The van der Waals surface area contributed by atoms with Gasteiger partial charge in [0.05, 0.1) is 18.6 Å². The molecule has 0 saturated carbocycles. The van der Waals surface area contributed by atoms with Crippen LogP contribution >= 0.6 is 0 Å². The molecule has 8 nitrogen and oxygen atoms in total. The lowest BCUT2D eigenvalue weighted by Gasteiger charge is -2.32. The maximum absolute atomic E-state index is 13.3. The second kappa shape index (κ2) is 8.00. The summed E-state index contributed by atoms with van der Waals surface area (Å²) in [6, 6.07) is 4.23. The van der Waals surface area contributed by atoms with E-state index in [9.17, 15) is 21.6 Å². The Bertz CT molecular complexity index is 944. The average Bonchev–Trinajstić information content (AvgIpc) is 2.67. The molecule has 0 spiro atoms. The second-order valence-electron chi connectivity index (χ2n) is 7.27. The number of ether oxygens (including phenoxy) is 1. The molecule has 1 atom stereocenters. The third-order valence-corrected chi connectivity index (χ3v) is 9.01. The third kappa shape index (κ3) is 4.18. The van der Waals surface area contributed by atoms with Crippen molar-refractivity contribution < 1.29 is 26.4 Å². The highest BCUT2D eigenvalue weighted by Crippen LogP contribution is 2.32. The van der Waals surface area contributed by atoms with Crippen molar-refractivity contribution in [2.45, 2.75) is 37.1 Å². The molecule has 1 aromatic carbocycles. The fourth-order valence-electron chi connectivity index (χ4n) is 3.66. The zero-order chi connectivity index (χ0) is 20.5. The van der Waals surface area contributed by atoms with Gasteiger partial charge in [-0.05, 0) is 38.0 Å². The van der Waals surface area contributed by atoms with Crippen LogP contribution in [-0.4, -0.2) is 76.2 Å². The van der Waals surface area contributed by atoms with Crippen LogP contribution in [0.1, 0.15) is 36.5 Å². The Morgan fingerprint density at radius 3 is 2.43 bits per heavy atom. The summed E-state index contributed by atoms with van der Waals surface area (Å²) in [6.45, 7) is 2.54. The summed E-state index contributed by atoms with van der Waals surface area (Å²) in [5, 5.41) is 0. The van der Waals surface area contributed by atoms with Gasteiger partial charge in [-0.1, -0.05) is 6.42 Å². The molecule has 2 heterocycles. The van der Waals surface area contributed by atoms with E-state index < -0.39 is 19.9 Å². The molecule has 156 valence electrons. The van der Waals surface area contributed by atoms with Crippen molar-refractivity contribution in [1.29, 1.82) is 0 Å². The number of nitrogens with zero attached hydrogens (tertiary/aromatic N) is 2. The van der Waals surface area contributed by atoms with Gasteiger partial charge in [-0.2, -0.15) is 4.31 Å². The largest absolute Gasteiger partial charge is 0.495 e. The number of piperidine rings is 1. The van der Waals surface area contributed by atoms with Gasteiger partial charge in [0.25, 0.3) is 5.91 Å². The lowest BCUT2D eigenvalue weighted by molar-refractivity contribution is 0.0770. The second-order valence-corrected chi connectivity index (χ2v) is 11.4. The molecule has 2 aliphatic rings. The van der Waals surface area contributed by atoms with Gasteiger partial charge in [-0.3, -0.25) is 4.79 Å². The fraction of sp³-hybridized carbons (Fsp3) is 0.611. The molecule has 0 radical (unpaired) electrons. The van der Waals surface area contributed by atoms with Crippen molar-refractivity contribution in [3.05, 3.63) is 23.8 Å². The van der Waals surface area contributed by atoms with Crippen molar-refractivity contribution in [3.63, 3.8) is 0 Å². The highest BCUT2D eigenvalue weighted by molar-refractivity contribution is 7.91. The number of rotatable bonds is 4. The topological polar surface area (TPSA) is 101 Å². The summed E-state index contributed by atoms with van der Waals surface area (Å²) in [5.74, 6) is -0.340. The molecular weight excluding hydrogens is 404 g/mol. The van der Waals surface area contributed by atoms with Crippen molar-refractivity contribution in [3.8, 4) is 5.75 Å². The SMILES string of the molecule is COc1ccc(C(=O)N2CCS(=O)(=O)CC2)cc1S(=O)(=O)N1CCCCC1C. The Morgan fingerprint density at radius 2 is 1.82 bits per heavy atom. The van der Waals surface area contributed by atoms with Crippen LogP contribution in [0.25, 0.3) is 0 Å². The summed E-state index contributed by atoms with van der Waals surface area (Å²) in [6.07, 6.45) is 2.58. The van der Waals surface area contributed by atoms with Gasteiger partial charge < -0.3 is 9.64 Å². The number of methoxy groups -OCH3 is 1. The van der Waals surface area contributed by atoms with Crippen LogP contribution in [0.3, 0.4) is 0 Å². The highest BCUT2D eigenvalue weighted by atomic mass is 32.2. The maximum Gasteiger partial charge on any atom is 0.253 e. The van der Waals surface area contributed by atoms with E-state index in [1.165, 1.54) is 34.5 Å². The molecule has 0 N–H and O–H groups in total. The van der Waals surface area contributed by atoms with E-state index in [4.69, 9.17) is 4.74 Å². The molecule has 2 fully saturated rings. The van der Waals surface area contributed by atoms with E-state index in [1.807, 2.05) is 6.92 Å². The van der Waals surface area contributed by atoms with Gasteiger partial charge in [0, 0.05) is 31.2 Å². The van der Waals surface area contributed by atoms with E-state index in [1.54, 1.807) is 0 Å². The summed E-state index contributed by atoms with van der Waals surface area (Å²) in [7, 11) is -5.53. The van der Waals surface area contributed by atoms with Crippen LogP contribution in [-0.2, 0) is 19.9 Å². The lowest BCUT2D eigenvalue weighted by Crippen LogP contribution is -2.44. The Morgan fingerprint density at radius 1 is 1.14 bits per heavy atom. The molecule has 1 unspecified atom stereocenters. The minimum absolute atomic E-state index is 0.0285. The van der Waals surface area contributed by atoms with Gasteiger partial charge in [0.1, 0.15) is 10.6 Å². The Balaban J connectivity index is 1.93. The van der Waals surface area contributed by atoms with Gasteiger partial charge in [0.15, 0.2) is 9.84 Å². The minimum Gasteiger partial charge on any atom is -0.495 e. The number of benzene rings is 1. The first-order chi connectivity index (χ1) is 13.2. The van der Waals surface area contributed by atoms with E-state index in [0.29, 0.717) is 6.54 Å². The van der Waals surface area contributed by atoms with Crippen LogP contribution in [0.15, 0.2) is 23.1 Å². The molecule has 1 amide bonds. The normalized spacial score (nSPS) is 23.4. The average molecular weight is 431 g/mol. The molecule has 2 aliphatic heterocycles. The monoisotopic (exact) mass is 430 g/mol. The van der Waals surface area contributed by atoms with Crippen LogP contribution in [0, 0.1) is 0 Å². The number of hydrogen-bond acceptors (Lipinski definition) is 6. The fourth-order valence-corrected chi connectivity index (χ4v) is 6.75. The summed E-state index contributed by atoms with van der Waals surface area (Å²) in [4.78, 5) is 14.2. The number of amides is 1. The molecule has 10 heteroatoms. The first-order valence-electron chi connectivity index (χ1n) is 9.35. The summed E-state index contributed by atoms with van der Waals surface area (Å²) >= 11 is 0. The number of carbonyl (C=O) groups excluding carboxylic acids is 1. The Kier molecular flexibility index (Phi) is 6.02. The first-order valence-corrected chi connectivity index (χ1v) is 12.6. The van der Waals surface area contributed by atoms with Crippen LogP contribution in [0.5, 0.6) is 5.75 Å². The van der Waals surface area contributed by atoms with Crippen LogP contribution < -0.4 is 4.74 Å². The quantitative estimate of drug-likeness (QED) is 0.710. The van der Waals surface area contributed by atoms with Gasteiger partial charge in [-0.25, -0.2) is 16.8 Å². The number of sulfonamides is 1. The standard InChI is InChI=1S/C18H26N2O6S2/c1-14-5-3-4-8-20(14)28(24,25)17-13-15(6-7-16(17)26-2)18(21)19-9-11-27(22,23)12-10-19/h6-7,13-14H,3-5,8-12H2,1-2H3. The maximum atomic E-state index is 13.3. The van der Waals surface area contributed by atoms with Crippen LogP contribution in [0.4, 0.5) is 0 Å². The number of carbonyl (C=O) groups is 1. The molecule has 3 rings (SSSR count). The van der Waals surface area contributed by atoms with Gasteiger partial charge in [-0.15, -0.1) is 0 Å². The van der Waals surface area contributed by atoms with Crippen molar-refractivity contribution in [2.24, 2.45) is 0 Å². The van der Waals surface area contributed by atoms with E-state index in [0.717, 1.165) is 19.3 Å². The molecule has 1 aromatic rings. The van der Waals surface area contributed by atoms with Gasteiger partial charge in [0.2, 0.25) is 10.0 Å². The zero-order valence-electron chi connectivity index (χ0n) is 16.1. The van der Waals surface area contributed by atoms with Crippen molar-refractivity contribution >= 4 is 25.8 Å². The Labute approximate surface area is 166 Å². The first kappa shape index (κ1) is 21.1. The van der Waals surface area contributed by atoms with E-state index in [-0.39, 0.29) is 52.8 Å². The molecule has 2 saturated heterocycles. The number of sulfone groups is 1. The zero-order valence-corrected chi connectivity index (χ0v) is 17.8. The molecule has 0 aliphatic carbocycles. The summed E-state index contributed by atoms with van der Waals surface area (Å²) in [5.41, 5.74) is 0.211.